The highest BCUT2D eigenvalue weighted by molar-refractivity contribution is 5.99. The van der Waals surface area contributed by atoms with Crippen molar-refractivity contribution in [3.8, 4) is 0 Å². The summed E-state index contributed by atoms with van der Waals surface area (Å²) in [6, 6.07) is -12.5. The van der Waals surface area contributed by atoms with Gasteiger partial charge in [0.15, 0.2) is 0 Å². The van der Waals surface area contributed by atoms with Crippen molar-refractivity contribution < 1.29 is 57.8 Å². The van der Waals surface area contributed by atoms with Gasteiger partial charge < -0.3 is 60.7 Å². The number of amides is 11. The van der Waals surface area contributed by atoms with Gasteiger partial charge in [-0.25, -0.2) is 0 Å². The monoisotopic (exact) mass is 1200 g/mol. The molecular weight excluding hydrogens is 1090 g/mol. The lowest BCUT2D eigenvalue weighted by atomic mass is 9.85. The van der Waals surface area contributed by atoms with E-state index in [1.807, 2.05) is 41.5 Å². The van der Waals surface area contributed by atoms with Crippen LogP contribution in [0.4, 0.5) is 0 Å². The molecule has 0 saturated carbocycles. The van der Waals surface area contributed by atoms with Gasteiger partial charge in [-0.2, -0.15) is 0 Å². The highest BCUT2D eigenvalue weighted by Crippen LogP contribution is 2.27. The maximum absolute atomic E-state index is 15.1. The van der Waals surface area contributed by atoms with Crippen LogP contribution in [-0.2, 0) is 52.7 Å². The second-order valence-electron chi connectivity index (χ2n) is 26.7. The summed E-state index contributed by atoms with van der Waals surface area (Å²) in [6.07, 6.45) is 2.85. The number of likely N-dealkylation sites (N-methyl/N-ethyl adjacent to an activating group) is 7. The predicted octanol–water partition coefficient (Wildman–Crippen LogP) is 3.27. The Morgan fingerprint density at radius 1 is 0.506 bits per heavy atom. The Morgan fingerprint density at radius 3 is 1.40 bits per heavy atom. The highest BCUT2D eigenvalue weighted by Gasteiger charge is 2.46. The summed E-state index contributed by atoms with van der Waals surface area (Å²) in [7, 11) is 9.86. The van der Waals surface area contributed by atoms with E-state index in [0.717, 1.165) is 14.7 Å². The Balaban J connectivity index is 4.34. The summed E-state index contributed by atoms with van der Waals surface area (Å²) in [6.45, 7) is 30.8. The van der Waals surface area contributed by atoms with E-state index in [1.54, 1.807) is 81.4 Å². The number of hydrogen-bond acceptors (Lipinski definition) is 12. The van der Waals surface area contributed by atoms with Crippen LogP contribution in [0.2, 0.25) is 0 Å². The van der Waals surface area contributed by atoms with Gasteiger partial charge in [0.2, 0.25) is 65.0 Å². The largest absolute Gasteiger partial charge is 0.390 e. The average Bonchev–Trinajstić information content (AvgIpc) is 3.26. The van der Waals surface area contributed by atoms with E-state index in [9.17, 15) is 43.5 Å². The zero-order valence-electron chi connectivity index (χ0n) is 56.3. The summed E-state index contributed by atoms with van der Waals surface area (Å²) in [5.74, 6) is -9.68. The van der Waals surface area contributed by atoms with Crippen molar-refractivity contribution in [2.75, 3.05) is 55.9 Å². The molecule has 1 aliphatic rings. The van der Waals surface area contributed by atoms with Crippen LogP contribution in [0.3, 0.4) is 0 Å². The number of allylic oxidation sites excluding steroid dienone is 2. The Hall–Kier alpha value is -6.13. The second-order valence-corrected chi connectivity index (χ2v) is 26.7. The Kier molecular flexibility index (Phi) is 30.5. The third-order valence-corrected chi connectivity index (χ3v) is 16.2. The first kappa shape index (κ1) is 76.9. The van der Waals surface area contributed by atoms with E-state index in [-0.39, 0.29) is 43.4 Å². The van der Waals surface area contributed by atoms with Crippen LogP contribution in [0.5, 0.6) is 0 Å². The Labute approximate surface area is 508 Å². The lowest BCUT2D eigenvalue weighted by molar-refractivity contribution is -0.157. The quantitative estimate of drug-likeness (QED) is 0.166. The molecular formula is C62H111N11O12. The highest BCUT2D eigenvalue weighted by atomic mass is 16.3. The standard InChI is InChI=1S/C62H111N11O12/c1-26-28-29-39(13)50(75)49-55(79)64-42(27-2)57(81)67(19)33-46(74)71(23)47(37(9)10)54(78)66-51(62(16,17)18)61(85)68(20)41(15)52(76)65-43(30-34(3)4)53(77)63-40(14)56(80)69(21)44(31-35(5)6)58(82)70(22)45(32-36(7)8)59(83)72(24)48(38(11)12)60(84)73(49)25/h26,28,34-45,47-51,75H,27,29-33H2,1-25H3,(H,63,77)(H,64,79)(H,65,76)(H,66,78)/b28-26+/t39-,40-,41+,42+,43+,44+,45+,47+,48+,49+,50-,51-/m1/s1. The van der Waals surface area contributed by atoms with E-state index in [2.05, 4.69) is 21.3 Å². The lowest BCUT2D eigenvalue weighted by Crippen LogP contribution is -2.63. The average molecular weight is 1200 g/mol. The van der Waals surface area contributed by atoms with E-state index in [4.69, 9.17) is 0 Å². The number of nitrogens with one attached hydrogen (secondary N) is 4. The molecule has 0 spiro atoms. The molecule has 0 aromatic rings. The topological polar surface area (TPSA) is 279 Å². The number of aliphatic hydroxyl groups is 1. The molecule has 0 aliphatic carbocycles. The van der Waals surface area contributed by atoms with Crippen molar-refractivity contribution in [3.63, 3.8) is 0 Å². The van der Waals surface area contributed by atoms with Crippen LogP contribution in [-0.4, -0.2) is 227 Å². The molecule has 1 fully saturated rings. The summed E-state index contributed by atoms with van der Waals surface area (Å²) < 4.78 is 0. The number of aliphatic hydroxyl groups excluding tert-OH is 1. The first-order chi connectivity index (χ1) is 39.0. The maximum atomic E-state index is 15.1. The fourth-order valence-electron chi connectivity index (χ4n) is 10.7. The summed E-state index contributed by atoms with van der Waals surface area (Å²) in [5.41, 5.74) is -0.949. The Bertz CT molecular complexity index is 2350. The predicted molar refractivity (Wildman–Crippen MR) is 328 cm³/mol. The zero-order chi connectivity index (χ0) is 66.2. The van der Waals surface area contributed by atoms with Crippen molar-refractivity contribution in [1.29, 1.82) is 0 Å². The van der Waals surface area contributed by atoms with Crippen molar-refractivity contribution in [2.24, 2.45) is 40.9 Å². The second kappa shape index (κ2) is 33.7. The van der Waals surface area contributed by atoms with Crippen LogP contribution in [0, 0.1) is 40.9 Å². The van der Waals surface area contributed by atoms with Crippen LogP contribution < -0.4 is 21.3 Å². The van der Waals surface area contributed by atoms with Crippen LogP contribution in [0.25, 0.3) is 0 Å². The number of carbonyl (C=O) groups is 11. The molecule has 0 aromatic carbocycles. The van der Waals surface area contributed by atoms with E-state index < -0.39 is 161 Å². The third-order valence-electron chi connectivity index (χ3n) is 16.2. The molecule has 11 amide bonds. The molecule has 1 heterocycles. The van der Waals surface area contributed by atoms with Gasteiger partial charge in [-0.1, -0.05) is 116 Å². The molecule has 5 N–H and O–H groups in total. The molecule has 0 radical (unpaired) electrons. The molecule has 0 bridgehead atoms. The van der Waals surface area contributed by atoms with Crippen molar-refractivity contribution in [1.82, 2.24) is 55.6 Å². The van der Waals surface area contributed by atoms with Crippen LogP contribution >= 0.6 is 0 Å². The lowest BCUT2D eigenvalue weighted by Gasteiger charge is -2.41. The Morgan fingerprint density at radius 2 is 0.953 bits per heavy atom. The fourth-order valence-corrected chi connectivity index (χ4v) is 10.7. The first-order valence-electron chi connectivity index (χ1n) is 30.4. The number of carbonyl (C=O) groups excluding carboxylic acids is 11. The smallest absolute Gasteiger partial charge is 0.246 e. The van der Waals surface area contributed by atoms with Crippen LogP contribution in [0.1, 0.15) is 157 Å². The normalized spacial score (nSPS) is 27.0. The van der Waals surface area contributed by atoms with E-state index >= 15 is 14.4 Å². The SMILES string of the molecule is C/C=C/C[C@@H](C)[C@@H](O)[C@H]1C(=O)N[C@@H](CC)C(=O)N(C)CC(=O)N(C)[C@@H](C(C)C)C(=O)N[C@@H](C(C)(C)C)C(=O)N(C)[C@@H](C)C(=O)N[C@@H](CC(C)C)C(=O)N[C@H](C)C(=O)N(C)[C@@H](CC(C)C)C(=O)N(C)[C@@H](CC(C)C)C(=O)N(C)[C@@H](C(C)C)C(=O)N1C. The zero-order valence-corrected chi connectivity index (χ0v) is 56.3. The molecule has 1 saturated heterocycles. The van der Waals surface area contributed by atoms with Gasteiger partial charge >= 0.3 is 0 Å². The molecule has 486 valence electrons. The molecule has 1 aliphatic heterocycles. The van der Waals surface area contributed by atoms with E-state index in [0.29, 0.717) is 6.42 Å². The molecule has 23 nitrogen and oxygen atoms in total. The molecule has 85 heavy (non-hydrogen) atoms. The van der Waals surface area contributed by atoms with Crippen molar-refractivity contribution in [2.45, 2.75) is 223 Å². The van der Waals surface area contributed by atoms with Crippen molar-refractivity contribution in [3.05, 3.63) is 12.2 Å². The molecule has 0 aromatic heterocycles. The van der Waals surface area contributed by atoms with Gasteiger partial charge in [-0.3, -0.25) is 52.7 Å². The minimum absolute atomic E-state index is 0.0192. The number of rotatable bonds is 13. The number of nitrogens with zero attached hydrogens (tertiary/aromatic N) is 7. The maximum Gasteiger partial charge on any atom is 0.246 e. The first-order valence-corrected chi connectivity index (χ1v) is 30.4. The molecule has 1 rings (SSSR count). The van der Waals surface area contributed by atoms with Gasteiger partial charge in [0.1, 0.15) is 60.4 Å². The van der Waals surface area contributed by atoms with E-state index in [1.165, 1.54) is 82.8 Å². The van der Waals surface area contributed by atoms with Gasteiger partial charge in [-0.15, -0.1) is 0 Å². The van der Waals surface area contributed by atoms with Crippen LogP contribution in [0.15, 0.2) is 12.2 Å². The number of hydrogen-bond donors (Lipinski definition) is 5. The summed E-state index contributed by atoms with van der Waals surface area (Å²) >= 11 is 0. The van der Waals surface area contributed by atoms with Gasteiger partial charge in [0.05, 0.1) is 12.6 Å². The minimum atomic E-state index is -1.61. The minimum Gasteiger partial charge on any atom is -0.390 e. The van der Waals surface area contributed by atoms with Gasteiger partial charge in [0, 0.05) is 49.3 Å². The van der Waals surface area contributed by atoms with Crippen molar-refractivity contribution >= 4 is 65.0 Å². The molecule has 23 heteroatoms. The fraction of sp³-hybridized carbons (Fsp3) is 0.790. The summed E-state index contributed by atoms with van der Waals surface area (Å²) in [4.78, 5) is 169. The molecule has 0 unspecified atom stereocenters. The summed E-state index contributed by atoms with van der Waals surface area (Å²) in [5, 5.41) is 23.2. The third kappa shape index (κ3) is 21.1. The van der Waals surface area contributed by atoms with Gasteiger partial charge in [0.25, 0.3) is 0 Å². The molecule has 12 atom stereocenters. The van der Waals surface area contributed by atoms with Gasteiger partial charge in [-0.05, 0) is 93.8 Å².